The van der Waals surface area contributed by atoms with Gasteiger partial charge in [0, 0.05) is 0 Å². The van der Waals surface area contributed by atoms with E-state index in [2.05, 4.69) is 41.5 Å². The predicted octanol–water partition coefficient (Wildman–Crippen LogP) is 4.60. The van der Waals surface area contributed by atoms with Crippen molar-refractivity contribution in [3.8, 4) is 0 Å². The summed E-state index contributed by atoms with van der Waals surface area (Å²) in [7, 11) is 0. The van der Waals surface area contributed by atoms with Gasteiger partial charge in [0.15, 0.2) is 0 Å². The van der Waals surface area contributed by atoms with Crippen molar-refractivity contribution in [3.63, 3.8) is 0 Å². The lowest BCUT2D eigenvalue weighted by Gasteiger charge is -3.01. The van der Waals surface area contributed by atoms with E-state index < -0.39 is 0 Å². The second kappa shape index (κ2) is 2.25. The molecule has 0 saturated heterocycles. The summed E-state index contributed by atoms with van der Waals surface area (Å²) in [5.41, 5.74) is 2.78. The smallest absolute Gasteiger partial charge is 0.0170 e. The van der Waals surface area contributed by atoms with Crippen LogP contribution >= 0.6 is 0 Å². The van der Waals surface area contributed by atoms with E-state index in [1.54, 1.807) is 12.8 Å². The van der Waals surface area contributed by atoms with E-state index in [0.29, 0.717) is 21.7 Å². The van der Waals surface area contributed by atoms with Crippen molar-refractivity contribution in [3.05, 3.63) is 0 Å². The van der Waals surface area contributed by atoms with Gasteiger partial charge in [-0.15, -0.1) is 0 Å². The molecule has 5 saturated carbocycles. The van der Waals surface area contributed by atoms with Crippen LogP contribution in [-0.2, 0) is 0 Å². The molecule has 0 amide bonds. The minimum Gasteiger partial charge on any atom is -0.0619 e. The Bertz CT molecular complexity index is 436. The zero-order valence-corrected chi connectivity index (χ0v) is 12.9. The fraction of sp³-hybridized carbons (Fsp3) is 1.00. The van der Waals surface area contributed by atoms with Crippen LogP contribution in [0.1, 0.15) is 54.4 Å². The Hall–Kier alpha value is 0. The number of hydrogen-bond donors (Lipinski definition) is 0. The maximum absolute atomic E-state index is 2.69. The van der Waals surface area contributed by atoms with E-state index in [1.165, 1.54) is 0 Å². The van der Waals surface area contributed by atoms with Gasteiger partial charge >= 0.3 is 0 Å². The van der Waals surface area contributed by atoms with Crippen LogP contribution in [0, 0.1) is 57.2 Å². The zero-order valence-electron chi connectivity index (χ0n) is 12.9. The summed E-state index contributed by atoms with van der Waals surface area (Å²) >= 11 is 0. The van der Waals surface area contributed by atoms with Gasteiger partial charge in [-0.3, -0.25) is 0 Å². The van der Waals surface area contributed by atoms with Crippen molar-refractivity contribution in [2.45, 2.75) is 54.4 Å². The van der Waals surface area contributed by atoms with Gasteiger partial charge in [0.25, 0.3) is 0 Å². The molecule has 5 aliphatic rings. The van der Waals surface area contributed by atoms with Gasteiger partial charge in [-0.2, -0.15) is 0 Å². The minimum atomic E-state index is 0.687. The lowest BCUT2D eigenvalue weighted by atomic mass is 9.03. The van der Waals surface area contributed by atoms with Gasteiger partial charge in [0.1, 0.15) is 0 Å². The largest absolute Gasteiger partial charge is 0.0619 e. The SMILES string of the molecule is CC1CC2C3C4C5CC(C)C5(C)C4(C)C3(C)C12C. The molecule has 0 heterocycles. The molecule has 100 valence electrons. The summed E-state index contributed by atoms with van der Waals surface area (Å²) in [6.45, 7) is 15.7. The third kappa shape index (κ3) is 0.523. The molecule has 0 aromatic rings. The van der Waals surface area contributed by atoms with E-state index in [1.807, 2.05) is 0 Å². The van der Waals surface area contributed by atoms with Gasteiger partial charge in [-0.25, -0.2) is 0 Å². The van der Waals surface area contributed by atoms with Crippen LogP contribution < -0.4 is 0 Å². The first-order chi connectivity index (χ1) is 8.27. The molecule has 0 bridgehead atoms. The molecule has 10 atom stereocenters. The molecule has 0 N–H and O–H groups in total. The average Bonchev–Trinajstić information content (AvgIpc) is 2.36. The summed E-state index contributed by atoms with van der Waals surface area (Å²) in [6.07, 6.45) is 3.09. The van der Waals surface area contributed by atoms with Crippen molar-refractivity contribution in [2.75, 3.05) is 0 Å². The van der Waals surface area contributed by atoms with Gasteiger partial charge in [0.05, 0.1) is 0 Å². The van der Waals surface area contributed by atoms with E-state index in [9.17, 15) is 0 Å². The number of hydrogen-bond acceptors (Lipinski definition) is 0. The minimum absolute atomic E-state index is 0.687. The lowest BCUT2D eigenvalue weighted by Crippen LogP contribution is -2.97. The fourth-order valence-electron chi connectivity index (χ4n) is 9.25. The van der Waals surface area contributed by atoms with E-state index in [0.717, 1.165) is 35.5 Å². The van der Waals surface area contributed by atoms with Crippen molar-refractivity contribution in [1.29, 1.82) is 0 Å². The summed E-state index contributed by atoms with van der Waals surface area (Å²) in [6, 6.07) is 0. The molecule has 0 spiro atoms. The van der Waals surface area contributed by atoms with Gasteiger partial charge in [-0.1, -0.05) is 41.5 Å². The Morgan fingerprint density at radius 3 is 1.28 bits per heavy atom. The van der Waals surface area contributed by atoms with Crippen LogP contribution in [-0.4, -0.2) is 0 Å². The standard InChI is InChI=1S/C18H28/c1-9-7-11-13-14-12-8-10(2)16(12,4)18(14,6)17(13,5)15(9,11)3/h9-14H,7-8H2,1-6H3. The maximum atomic E-state index is 2.69. The Labute approximate surface area is 112 Å². The lowest BCUT2D eigenvalue weighted by molar-refractivity contribution is -0.541. The van der Waals surface area contributed by atoms with Crippen LogP contribution in [0.5, 0.6) is 0 Å². The van der Waals surface area contributed by atoms with E-state index >= 15 is 0 Å². The van der Waals surface area contributed by atoms with Crippen molar-refractivity contribution in [1.82, 2.24) is 0 Å². The number of fused-ring (bicyclic) bond motifs is 10. The third-order valence-electron chi connectivity index (χ3n) is 10.7. The van der Waals surface area contributed by atoms with Gasteiger partial charge in [0.2, 0.25) is 0 Å². The highest BCUT2D eigenvalue weighted by atomic mass is 15.0. The quantitative estimate of drug-likeness (QED) is 0.546. The third-order valence-corrected chi connectivity index (χ3v) is 10.7. The Balaban J connectivity index is 1.64. The van der Waals surface area contributed by atoms with Crippen molar-refractivity contribution in [2.24, 2.45) is 57.2 Å². The highest BCUT2D eigenvalue weighted by Crippen LogP contribution is 3.01. The summed E-state index contributed by atoms with van der Waals surface area (Å²) in [5.74, 6) is 6.43. The molecule has 0 heteroatoms. The van der Waals surface area contributed by atoms with Crippen LogP contribution in [0.15, 0.2) is 0 Å². The molecule has 0 radical (unpaired) electrons. The first-order valence-corrected chi connectivity index (χ1v) is 8.27. The zero-order chi connectivity index (χ0) is 12.9. The highest BCUT2D eigenvalue weighted by molar-refractivity contribution is 5.43. The fourth-order valence-corrected chi connectivity index (χ4v) is 9.25. The molecule has 5 fully saturated rings. The van der Waals surface area contributed by atoms with Gasteiger partial charge < -0.3 is 0 Å². The monoisotopic (exact) mass is 244 g/mol. The van der Waals surface area contributed by atoms with Crippen molar-refractivity contribution >= 4 is 0 Å². The summed E-state index contributed by atoms with van der Waals surface area (Å²) < 4.78 is 0. The van der Waals surface area contributed by atoms with Crippen LogP contribution in [0.2, 0.25) is 0 Å². The first-order valence-electron chi connectivity index (χ1n) is 8.27. The Morgan fingerprint density at radius 2 is 1.00 bits per heavy atom. The molecule has 5 aliphatic carbocycles. The van der Waals surface area contributed by atoms with E-state index in [4.69, 9.17) is 0 Å². The summed E-state index contributed by atoms with van der Waals surface area (Å²) in [4.78, 5) is 0. The van der Waals surface area contributed by atoms with Gasteiger partial charge in [-0.05, 0) is 70.0 Å². The number of rotatable bonds is 0. The second-order valence-corrected chi connectivity index (χ2v) is 9.51. The average molecular weight is 244 g/mol. The molecular weight excluding hydrogens is 216 g/mol. The maximum Gasteiger partial charge on any atom is -0.0170 e. The second-order valence-electron chi connectivity index (χ2n) is 9.51. The molecule has 5 rings (SSSR count). The normalized spacial score (nSPS) is 82.3. The summed E-state index contributed by atoms with van der Waals surface area (Å²) in [5, 5.41) is 0. The topological polar surface area (TPSA) is 0 Å². The molecule has 0 aliphatic heterocycles. The van der Waals surface area contributed by atoms with Crippen molar-refractivity contribution < 1.29 is 0 Å². The highest BCUT2D eigenvalue weighted by Gasteiger charge is 2.97. The molecule has 10 unspecified atom stereocenters. The first kappa shape index (κ1) is 10.7. The molecular formula is C18H28. The Morgan fingerprint density at radius 1 is 0.667 bits per heavy atom. The molecule has 0 nitrogen and oxygen atoms in total. The van der Waals surface area contributed by atoms with Crippen LogP contribution in [0.25, 0.3) is 0 Å². The molecule has 0 aromatic heterocycles. The van der Waals surface area contributed by atoms with E-state index in [-0.39, 0.29) is 0 Å². The molecule has 18 heavy (non-hydrogen) atoms. The van der Waals surface area contributed by atoms with Crippen LogP contribution in [0.3, 0.4) is 0 Å². The molecule has 0 aromatic carbocycles. The Kier molecular flexibility index (Phi) is 1.34. The van der Waals surface area contributed by atoms with Crippen LogP contribution in [0.4, 0.5) is 0 Å². The predicted molar refractivity (Wildman–Crippen MR) is 74.0 cm³/mol.